The van der Waals surface area contributed by atoms with Crippen LogP contribution in [0.3, 0.4) is 0 Å². The molecule has 1 aromatic heterocycles. The Balaban J connectivity index is 1.88. The third-order valence-corrected chi connectivity index (χ3v) is 6.18. The summed E-state index contributed by atoms with van der Waals surface area (Å²) in [6.45, 7) is 4.02. The lowest BCUT2D eigenvalue weighted by molar-refractivity contribution is 0.345. The zero-order valence-corrected chi connectivity index (χ0v) is 13.4. The summed E-state index contributed by atoms with van der Waals surface area (Å²) in [6.07, 6.45) is 0.656. The smallest absolute Gasteiger partial charge is 0.152 e. The highest BCUT2D eigenvalue weighted by molar-refractivity contribution is 7.91. The van der Waals surface area contributed by atoms with Gasteiger partial charge < -0.3 is 9.88 Å². The minimum Gasteiger partial charge on any atom is -0.330 e. The van der Waals surface area contributed by atoms with E-state index in [1.54, 1.807) is 0 Å². The van der Waals surface area contributed by atoms with Gasteiger partial charge >= 0.3 is 0 Å². The summed E-state index contributed by atoms with van der Waals surface area (Å²) >= 11 is 0. The molecule has 1 fully saturated rings. The lowest BCUT2D eigenvalue weighted by Gasteiger charge is -2.28. The van der Waals surface area contributed by atoms with Gasteiger partial charge in [-0.2, -0.15) is 0 Å². The van der Waals surface area contributed by atoms with Crippen molar-refractivity contribution in [2.45, 2.75) is 31.8 Å². The van der Waals surface area contributed by atoms with Crippen molar-refractivity contribution < 1.29 is 8.42 Å². The summed E-state index contributed by atoms with van der Waals surface area (Å²) in [5, 5.41) is 3.47. The van der Waals surface area contributed by atoms with E-state index in [-0.39, 0.29) is 23.1 Å². The largest absolute Gasteiger partial charge is 0.330 e. The van der Waals surface area contributed by atoms with Crippen molar-refractivity contribution in [3.8, 4) is 0 Å². The van der Waals surface area contributed by atoms with Gasteiger partial charge in [0, 0.05) is 12.6 Å². The van der Waals surface area contributed by atoms with E-state index in [9.17, 15) is 8.42 Å². The number of para-hydroxylation sites is 2. The van der Waals surface area contributed by atoms with E-state index in [0.29, 0.717) is 6.42 Å². The average molecular weight is 307 g/mol. The summed E-state index contributed by atoms with van der Waals surface area (Å²) in [7, 11) is -0.910. The summed E-state index contributed by atoms with van der Waals surface area (Å²) in [5.74, 6) is 1.40. The normalized spacial score (nSPS) is 26.2. The van der Waals surface area contributed by atoms with Gasteiger partial charge in [-0.05, 0) is 32.4 Å². The molecule has 0 spiro atoms. The van der Waals surface area contributed by atoms with Gasteiger partial charge in [0.15, 0.2) is 9.84 Å². The minimum atomic E-state index is -2.91. The summed E-state index contributed by atoms with van der Waals surface area (Å²) in [6, 6.07) is 8.01. The molecule has 0 bridgehead atoms. The third kappa shape index (κ3) is 2.70. The molecule has 1 aromatic carbocycles. The second-order valence-corrected chi connectivity index (χ2v) is 8.47. The summed E-state index contributed by atoms with van der Waals surface area (Å²) in [5.41, 5.74) is 1.69. The molecule has 3 rings (SSSR count). The molecule has 2 atom stereocenters. The number of hydrogen-bond acceptors (Lipinski definition) is 4. The van der Waals surface area contributed by atoms with E-state index in [0.717, 1.165) is 16.9 Å². The molecule has 0 radical (unpaired) electrons. The lowest BCUT2D eigenvalue weighted by atomic mass is 10.0. The average Bonchev–Trinajstić information content (AvgIpc) is 2.88. The number of imidazole rings is 1. The van der Waals surface area contributed by atoms with Gasteiger partial charge in [-0.1, -0.05) is 12.1 Å². The Morgan fingerprint density at radius 3 is 2.71 bits per heavy atom. The van der Waals surface area contributed by atoms with Gasteiger partial charge in [0.1, 0.15) is 5.82 Å². The zero-order chi connectivity index (χ0) is 15.3. The molecule has 21 heavy (non-hydrogen) atoms. The van der Waals surface area contributed by atoms with Crippen molar-refractivity contribution in [3.05, 3.63) is 30.1 Å². The molecule has 5 nitrogen and oxygen atoms in total. The van der Waals surface area contributed by atoms with Crippen molar-refractivity contribution in [1.82, 2.24) is 14.9 Å². The Morgan fingerprint density at radius 2 is 2.10 bits per heavy atom. The van der Waals surface area contributed by atoms with Crippen LogP contribution in [0.1, 0.15) is 32.1 Å². The SMILES string of the molecule is CC(NC1(C)CCS(=O)(=O)C1)c1nc2ccccc2n1C. The highest BCUT2D eigenvalue weighted by atomic mass is 32.2. The van der Waals surface area contributed by atoms with Crippen LogP contribution in [0.2, 0.25) is 0 Å². The molecule has 1 aliphatic heterocycles. The van der Waals surface area contributed by atoms with Gasteiger partial charge in [0.05, 0.1) is 28.6 Å². The molecule has 0 amide bonds. The molecule has 1 N–H and O–H groups in total. The van der Waals surface area contributed by atoms with Crippen LogP contribution < -0.4 is 5.32 Å². The number of nitrogens with zero attached hydrogens (tertiary/aromatic N) is 2. The number of nitrogens with one attached hydrogen (secondary N) is 1. The van der Waals surface area contributed by atoms with Crippen molar-refractivity contribution in [1.29, 1.82) is 0 Å². The standard InChI is InChI=1S/C15H21N3O2S/c1-11(17-15(2)8-9-21(19,20)10-15)14-16-12-6-4-5-7-13(12)18(14)3/h4-7,11,17H,8-10H2,1-3H3. The van der Waals surface area contributed by atoms with E-state index >= 15 is 0 Å². The van der Waals surface area contributed by atoms with E-state index < -0.39 is 9.84 Å². The fourth-order valence-corrected chi connectivity index (χ4v) is 5.37. The molecular formula is C15H21N3O2S. The van der Waals surface area contributed by atoms with Gasteiger partial charge in [0.25, 0.3) is 0 Å². The van der Waals surface area contributed by atoms with Crippen molar-refractivity contribution >= 4 is 20.9 Å². The van der Waals surface area contributed by atoms with Crippen LogP contribution in [0.15, 0.2) is 24.3 Å². The topological polar surface area (TPSA) is 64.0 Å². The van der Waals surface area contributed by atoms with Gasteiger partial charge in [0.2, 0.25) is 0 Å². The number of rotatable bonds is 3. The molecule has 2 heterocycles. The predicted octanol–water partition coefficient (Wildman–Crippen LogP) is 1.80. The molecule has 0 aliphatic carbocycles. The first kappa shape index (κ1) is 14.5. The number of sulfone groups is 1. The number of fused-ring (bicyclic) bond motifs is 1. The van der Waals surface area contributed by atoms with Gasteiger partial charge in [-0.25, -0.2) is 13.4 Å². The maximum atomic E-state index is 11.7. The minimum absolute atomic E-state index is 0.000648. The highest BCUT2D eigenvalue weighted by Crippen LogP contribution is 2.27. The lowest BCUT2D eigenvalue weighted by Crippen LogP contribution is -2.45. The Labute approximate surface area is 125 Å². The van der Waals surface area contributed by atoms with Crippen molar-refractivity contribution in [3.63, 3.8) is 0 Å². The third-order valence-electron chi connectivity index (χ3n) is 4.28. The fourth-order valence-electron chi connectivity index (χ4n) is 3.26. The second-order valence-electron chi connectivity index (χ2n) is 6.29. The van der Waals surface area contributed by atoms with E-state index in [1.807, 2.05) is 45.2 Å². The summed E-state index contributed by atoms with van der Waals surface area (Å²) < 4.78 is 25.5. The molecule has 6 heteroatoms. The molecule has 1 aliphatic rings. The quantitative estimate of drug-likeness (QED) is 0.939. The molecule has 0 saturated carbocycles. The molecule has 2 aromatic rings. The Morgan fingerprint density at radius 1 is 1.38 bits per heavy atom. The first-order valence-electron chi connectivity index (χ1n) is 7.19. The van der Waals surface area contributed by atoms with Crippen LogP contribution in [0.4, 0.5) is 0 Å². The number of aromatic nitrogens is 2. The maximum Gasteiger partial charge on any atom is 0.152 e. The molecular weight excluding hydrogens is 286 g/mol. The molecule has 2 unspecified atom stereocenters. The summed E-state index contributed by atoms with van der Waals surface area (Å²) in [4.78, 5) is 4.67. The van der Waals surface area contributed by atoms with Crippen LogP contribution in [0, 0.1) is 0 Å². The maximum absolute atomic E-state index is 11.7. The Hall–Kier alpha value is -1.40. The van der Waals surface area contributed by atoms with Crippen LogP contribution >= 0.6 is 0 Å². The number of benzene rings is 1. The molecule has 114 valence electrons. The van der Waals surface area contributed by atoms with Crippen LogP contribution in [-0.4, -0.2) is 35.0 Å². The fraction of sp³-hybridized carbons (Fsp3) is 0.533. The Bertz CT molecular complexity index is 781. The van der Waals surface area contributed by atoms with Gasteiger partial charge in [-0.3, -0.25) is 0 Å². The Kier molecular flexibility index (Phi) is 3.33. The van der Waals surface area contributed by atoms with Crippen LogP contribution in [-0.2, 0) is 16.9 Å². The van der Waals surface area contributed by atoms with E-state index in [2.05, 4.69) is 14.9 Å². The monoisotopic (exact) mass is 307 g/mol. The van der Waals surface area contributed by atoms with Crippen LogP contribution in [0.25, 0.3) is 11.0 Å². The number of hydrogen-bond donors (Lipinski definition) is 1. The van der Waals surface area contributed by atoms with Crippen LogP contribution in [0.5, 0.6) is 0 Å². The van der Waals surface area contributed by atoms with E-state index in [4.69, 9.17) is 0 Å². The zero-order valence-electron chi connectivity index (χ0n) is 12.6. The first-order chi connectivity index (χ1) is 9.80. The highest BCUT2D eigenvalue weighted by Gasteiger charge is 2.39. The molecule has 1 saturated heterocycles. The van der Waals surface area contributed by atoms with Crippen molar-refractivity contribution in [2.75, 3.05) is 11.5 Å². The predicted molar refractivity (Wildman–Crippen MR) is 83.9 cm³/mol. The second kappa shape index (κ2) is 4.81. The van der Waals surface area contributed by atoms with Gasteiger partial charge in [-0.15, -0.1) is 0 Å². The van der Waals surface area contributed by atoms with E-state index in [1.165, 1.54) is 0 Å². The number of aryl methyl sites for hydroxylation is 1. The van der Waals surface area contributed by atoms with Crippen molar-refractivity contribution in [2.24, 2.45) is 7.05 Å². The first-order valence-corrected chi connectivity index (χ1v) is 9.01.